The number of amides is 1. The number of morpholine rings is 1. The monoisotopic (exact) mass is 433 g/mol. The van der Waals surface area contributed by atoms with Crippen molar-refractivity contribution in [2.24, 2.45) is 0 Å². The van der Waals surface area contributed by atoms with Crippen molar-refractivity contribution < 1.29 is 22.7 Å². The third-order valence-electron chi connectivity index (χ3n) is 4.34. The van der Waals surface area contributed by atoms with Crippen molar-refractivity contribution in [1.82, 2.24) is 14.5 Å². The zero-order valence-electron chi connectivity index (χ0n) is 16.3. The highest BCUT2D eigenvalue weighted by molar-refractivity contribution is 7.89. The van der Waals surface area contributed by atoms with Gasteiger partial charge in [-0.2, -0.15) is 4.31 Å². The van der Waals surface area contributed by atoms with Crippen LogP contribution in [0, 0.1) is 0 Å². The number of nitrogens with one attached hydrogen (secondary N) is 1. The summed E-state index contributed by atoms with van der Waals surface area (Å²) >= 11 is 5.95. The molecule has 0 saturated carbocycles. The maximum absolute atomic E-state index is 12.8. The van der Waals surface area contributed by atoms with Crippen molar-refractivity contribution >= 4 is 27.5 Å². The van der Waals surface area contributed by atoms with E-state index in [-0.39, 0.29) is 28.1 Å². The fraction of sp³-hybridized carbons (Fsp3) is 0.611. The Morgan fingerprint density at radius 3 is 2.75 bits per heavy atom. The second-order valence-electron chi connectivity index (χ2n) is 6.44. The highest BCUT2D eigenvalue weighted by atomic mass is 35.5. The lowest BCUT2D eigenvalue weighted by Gasteiger charge is -2.26. The van der Waals surface area contributed by atoms with E-state index >= 15 is 0 Å². The molecule has 0 aliphatic carbocycles. The van der Waals surface area contributed by atoms with Gasteiger partial charge in [-0.05, 0) is 38.1 Å². The summed E-state index contributed by atoms with van der Waals surface area (Å²) in [5.41, 5.74) is 0. The summed E-state index contributed by atoms with van der Waals surface area (Å²) in [4.78, 5) is 14.4. The lowest BCUT2D eigenvalue weighted by molar-refractivity contribution is -0.121. The first kappa shape index (κ1) is 22.9. The third-order valence-corrected chi connectivity index (χ3v) is 6.40. The van der Waals surface area contributed by atoms with E-state index < -0.39 is 10.0 Å². The Morgan fingerprint density at radius 1 is 1.36 bits per heavy atom. The van der Waals surface area contributed by atoms with Crippen LogP contribution >= 0.6 is 11.6 Å². The average molecular weight is 434 g/mol. The van der Waals surface area contributed by atoms with E-state index in [2.05, 4.69) is 10.2 Å². The Balaban J connectivity index is 1.87. The standard InChI is InChI=1S/C18H28ClN3O5S/c1-3-27-16-6-5-15(19)13-17(16)28(24,25)21(2)14-18(23)20-7-4-8-22-9-11-26-12-10-22/h5-6,13H,3-4,7-12,14H2,1-2H3,(H,20,23). The van der Waals surface area contributed by atoms with Gasteiger partial charge in [-0.1, -0.05) is 11.6 Å². The Kier molecular flexibility index (Phi) is 8.97. The van der Waals surface area contributed by atoms with E-state index in [9.17, 15) is 13.2 Å². The van der Waals surface area contributed by atoms with E-state index in [1.54, 1.807) is 13.0 Å². The van der Waals surface area contributed by atoms with Gasteiger partial charge in [-0.15, -0.1) is 0 Å². The zero-order valence-corrected chi connectivity index (χ0v) is 17.9. The molecule has 0 unspecified atom stereocenters. The quantitative estimate of drug-likeness (QED) is 0.558. The van der Waals surface area contributed by atoms with E-state index in [1.165, 1.54) is 19.2 Å². The number of hydrogen-bond acceptors (Lipinski definition) is 6. The summed E-state index contributed by atoms with van der Waals surface area (Å²) in [7, 11) is -2.56. The number of hydrogen-bond donors (Lipinski definition) is 1. The maximum Gasteiger partial charge on any atom is 0.247 e. The Hall–Kier alpha value is -1.39. The fourth-order valence-electron chi connectivity index (χ4n) is 2.82. The molecule has 158 valence electrons. The molecule has 2 rings (SSSR count). The van der Waals surface area contributed by atoms with Crippen molar-refractivity contribution in [1.29, 1.82) is 0 Å². The summed E-state index contributed by atoms with van der Waals surface area (Å²) in [5.74, 6) is -0.141. The van der Waals surface area contributed by atoms with Gasteiger partial charge in [0.2, 0.25) is 15.9 Å². The molecule has 1 amide bonds. The van der Waals surface area contributed by atoms with Gasteiger partial charge >= 0.3 is 0 Å². The molecule has 0 bridgehead atoms. The molecule has 0 atom stereocenters. The summed E-state index contributed by atoms with van der Waals surface area (Å²) in [6.07, 6.45) is 0.797. The molecule has 0 aromatic heterocycles. The van der Waals surface area contributed by atoms with Gasteiger partial charge in [0.05, 0.1) is 26.4 Å². The second-order valence-corrected chi connectivity index (χ2v) is 8.89. The summed E-state index contributed by atoms with van der Waals surface area (Å²) in [6.45, 7) is 6.44. The number of carbonyl (C=O) groups excluding carboxylic acids is 1. The summed E-state index contributed by atoms with van der Waals surface area (Å²) in [5, 5.41) is 3.05. The number of likely N-dealkylation sites (N-methyl/N-ethyl adjacent to an activating group) is 1. The molecule has 28 heavy (non-hydrogen) atoms. The van der Waals surface area contributed by atoms with Crippen LogP contribution in [0.25, 0.3) is 0 Å². The van der Waals surface area contributed by atoms with Crippen LogP contribution in [0.4, 0.5) is 0 Å². The van der Waals surface area contributed by atoms with Gasteiger partial charge in [0.15, 0.2) is 0 Å². The number of halogens is 1. The average Bonchev–Trinajstić information content (AvgIpc) is 2.67. The molecule has 8 nitrogen and oxygen atoms in total. The molecule has 1 N–H and O–H groups in total. The summed E-state index contributed by atoms with van der Waals surface area (Å²) in [6, 6.07) is 4.41. The third kappa shape index (κ3) is 6.59. The predicted octanol–water partition coefficient (Wildman–Crippen LogP) is 1.20. The van der Waals surface area contributed by atoms with Gasteiger partial charge in [-0.3, -0.25) is 9.69 Å². The topological polar surface area (TPSA) is 88.2 Å². The van der Waals surface area contributed by atoms with Gasteiger partial charge < -0.3 is 14.8 Å². The molecule has 1 aliphatic heterocycles. The number of benzene rings is 1. The van der Waals surface area contributed by atoms with Gasteiger partial charge in [0.25, 0.3) is 0 Å². The number of sulfonamides is 1. The highest BCUT2D eigenvalue weighted by Crippen LogP contribution is 2.29. The first-order valence-corrected chi connectivity index (χ1v) is 11.1. The van der Waals surface area contributed by atoms with Crippen LogP contribution < -0.4 is 10.1 Å². The molecule has 1 aromatic rings. The molecule has 0 spiro atoms. The number of nitrogens with zero attached hydrogens (tertiary/aromatic N) is 2. The first-order chi connectivity index (χ1) is 13.3. The van der Waals surface area contributed by atoms with Crippen LogP contribution in [-0.4, -0.2) is 83.1 Å². The first-order valence-electron chi connectivity index (χ1n) is 9.30. The molecule has 1 aliphatic rings. The van der Waals surface area contributed by atoms with E-state index in [1.807, 2.05) is 0 Å². The smallest absolute Gasteiger partial charge is 0.247 e. The lowest BCUT2D eigenvalue weighted by Crippen LogP contribution is -2.40. The van der Waals surface area contributed by atoms with Gasteiger partial charge in [-0.25, -0.2) is 8.42 Å². The highest BCUT2D eigenvalue weighted by Gasteiger charge is 2.27. The van der Waals surface area contributed by atoms with E-state index in [4.69, 9.17) is 21.1 Å². The molecule has 1 heterocycles. The van der Waals surface area contributed by atoms with Crippen LogP contribution in [0.15, 0.2) is 23.1 Å². The fourth-order valence-corrected chi connectivity index (χ4v) is 4.34. The Labute approximate surface area is 171 Å². The van der Waals surface area contributed by atoms with E-state index in [0.717, 1.165) is 43.6 Å². The molecule has 10 heteroatoms. The number of ether oxygens (including phenoxy) is 2. The normalized spacial score (nSPS) is 15.6. The van der Waals surface area contributed by atoms with E-state index in [0.29, 0.717) is 13.2 Å². The van der Waals surface area contributed by atoms with Crippen LogP contribution in [0.2, 0.25) is 5.02 Å². The zero-order chi connectivity index (χ0) is 20.6. The Bertz CT molecular complexity index is 754. The van der Waals surface area contributed by atoms with Gasteiger partial charge in [0, 0.05) is 31.7 Å². The predicted molar refractivity (Wildman–Crippen MR) is 107 cm³/mol. The van der Waals surface area contributed by atoms with Gasteiger partial charge in [0.1, 0.15) is 10.6 Å². The summed E-state index contributed by atoms with van der Waals surface area (Å²) < 4.78 is 37.4. The largest absolute Gasteiger partial charge is 0.492 e. The number of carbonyl (C=O) groups is 1. The van der Waals surface area contributed by atoms with Crippen molar-refractivity contribution in [3.05, 3.63) is 23.2 Å². The van der Waals surface area contributed by atoms with Crippen LogP contribution in [-0.2, 0) is 19.6 Å². The molecule has 1 fully saturated rings. The lowest BCUT2D eigenvalue weighted by atomic mass is 10.3. The molecule has 1 aromatic carbocycles. The van der Waals surface area contributed by atoms with Crippen LogP contribution in [0.3, 0.4) is 0 Å². The van der Waals surface area contributed by atoms with Crippen molar-refractivity contribution in [3.8, 4) is 5.75 Å². The molecular formula is C18H28ClN3O5S. The minimum absolute atomic E-state index is 0.0514. The molecular weight excluding hydrogens is 406 g/mol. The van der Waals surface area contributed by atoms with Crippen molar-refractivity contribution in [3.63, 3.8) is 0 Å². The minimum atomic E-state index is -3.92. The minimum Gasteiger partial charge on any atom is -0.492 e. The SMILES string of the molecule is CCOc1ccc(Cl)cc1S(=O)(=O)N(C)CC(=O)NCCCN1CCOCC1. The second kappa shape index (κ2) is 11.0. The number of rotatable bonds is 10. The van der Waals surface area contributed by atoms with Crippen LogP contribution in [0.5, 0.6) is 5.75 Å². The van der Waals surface area contributed by atoms with Crippen molar-refractivity contribution in [2.75, 3.05) is 59.6 Å². The Morgan fingerprint density at radius 2 is 2.07 bits per heavy atom. The van der Waals surface area contributed by atoms with Crippen LogP contribution in [0.1, 0.15) is 13.3 Å². The van der Waals surface area contributed by atoms with Crippen molar-refractivity contribution in [2.45, 2.75) is 18.2 Å². The molecule has 0 radical (unpaired) electrons. The maximum atomic E-state index is 12.8. The molecule has 1 saturated heterocycles.